The van der Waals surface area contributed by atoms with Gasteiger partial charge in [0.15, 0.2) is 0 Å². The summed E-state index contributed by atoms with van der Waals surface area (Å²) in [5.41, 5.74) is 1.94. The molecule has 1 amide bonds. The number of nitrogens with one attached hydrogen (secondary N) is 1. The Morgan fingerprint density at radius 3 is 2.78 bits per heavy atom. The summed E-state index contributed by atoms with van der Waals surface area (Å²) in [5, 5.41) is 3.15. The molecule has 18 heavy (non-hydrogen) atoms. The fraction of sp³-hybridized carbons (Fsp3) is 0.500. The van der Waals surface area contributed by atoms with E-state index >= 15 is 0 Å². The molecule has 96 valence electrons. The molecule has 2 aromatic heterocycles. The van der Waals surface area contributed by atoms with E-state index < -0.39 is 0 Å². The minimum Gasteiger partial charge on any atom is -0.348 e. The molecule has 0 atom stereocenters. The molecule has 0 spiro atoms. The van der Waals surface area contributed by atoms with Crippen molar-refractivity contribution in [2.75, 3.05) is 0 Å². The number of hydrogen-bond acceptors (Lipinski definition) is 2. The van der Waals surface area contributed by atoms with Crippen LogP contribution in [-0.4, -0.2) is 16.5 Å². The van der Waals surface area contributed by atoms with Gasteiger partial charge in [0.2, 0.25) is 0 Å². The van der Waals surface area contributed by atoms with E-state index in [4.69, 9.17) is 0 Å². The van der Waals surface area contributed by atoms with E-state index in [0.717, 1.165) is 24.1 Å². The lowest BCUT2D eigenvalue weighted by atomic mass is 10.2. The maximum atomic E-state index is 12.2. The Labute approximate surface area is 111 Å². The minimum atomic E-state index is 0.0745. The Kier molecular flexibility index (Phi) is 2.90. The van der Waals surface area contributed by atoms with Crippen LogP contribution in [0.3, 0.4) is 0 Å². The smallest absolute Gasteiger partial charge is 0.268 e. The van der Waals surface area contributed by atoms with Gasteiger partial charge in [-0.3, -0.25) is 4.79 Å². The number of aromatic nitrogens is 1. The third-order valence-corrected chi connectivity index (χ3v) is 4.76. The molecule has 2 heterocycles. The van der Waals surface area contributed by atoms with Gasteiger partial charge in [-0.1, -0.05) is 12.8 Å². The zero-order chi connectivity index (χ0) is 12.7. The van der Waals surface area contributed by atoms with Crippen molar-refractivity contribution in [1.82, 2.24) is 9.88 Å². The van der Waals surface area contributed by atoms with Crippen LogP contribution in [0.5, 0.6) is 0 Å². The van der Waals surface area contributed by atoms with Crippen molar-refractivity contribution in [3.63, 3.8) is 0 Å². The van der Waals surface area contributed by atoms with Crippen LogP contribution < -0.4 is 5.32 Å². The number of rotatable bonds is 2. The summed E-state index contributed by atoms with van der Waals surface area (Å²) in [7, 11) is 1.97. The molecule has 3 nitrogen and oxygen atoms in total. The molecule has 1 aliphatic rings. The molecule has 1 saturated carbocycles. The first-order valence-corrected chi connectivity index (χ1v) is 7.33. The molecule has 4 heteroatoms. The van der Waals surface area contributed by atoms with Gasteiger partial charge in [-0.25, -0.2) is 0 Å². The fourth-order valence-electron chi connectivity index (χ4n) is 2.78. The lowest BCUT2D eigenvalue weighted by Gasteiger charge is -2.12. The molecule has 1 N–H and O–H groups in total. The molecular formula is C14H18N2OS. The van der Waals surface area contributed by atoms with E-state index in [1.165, 1.54) is 22.4 Å². The van der Waals surface area contributed by atoms with E-state index in [1.807, 2.05) is 17.7 Å². The van der Waals surface area contributed by atoms with Gasteiger partial charge in [-0.15, -0.1) is 11.3 Å². The summed E-state index contributed by atoms with van der Waals surface area (Å²) in [5.74, 6) is 0.0745. The lowest BCUT2D eigenvalue weighted by Crippen LogP contribution is -2.33. The van der Waals surface area contributed by atoms with E-state index in [0.29, 0.717) is 6.04 Å². The van der Waals surface area contributed by atoms with E-state index in [9.17, 15) is 4.79 Å². The number of aryl methyl sites for hydroxylation is 2. The number of nitrogens with zero attached hydrogens (tertiary/aromatic N) is 1. The topological polar surface area (TPSA) is 34.0 Å². The Morgan fingerprint density at radius 2 is 2.11 bits per heavy atom. The first kappa shape index (κ1) is 11.8. The van der Waals surface area contributed by atoms with Crippen LogP contribution in [0.25, 0.3) is 10.2 Å². The summed E-state index contributed by atoms with van der Waals surface area (Å²) in [6, 6.07) is 4.54. The molecule has 0 unspecified atom stereocenters. The third kappa shape index (κ3) is 1.94. The number of amides is 1. The first-order chi connectivity index (χ1) is 8.65. The predicted molar refractivity (Wildman–Crippen MR) is 75.3 cm³/mol. The van der Waals surface area contributed by atoms with Crippen LogP contribution in [0, 0.1) is 6.92 Å². The second-order valence-electron chi connectivity index (χ2n) is 5.15. The van der Waals surface area contributed by atoms with E-state index in [2.05, 4.69) is 18.3 Å². The molecule has 1 aliphatic carbocycles. The van der Waals surface area contributed by atoms with Crippen LogP contribution in [0.1, 0.15) is 41.0 Å². The zero-order valence-electron chi connectivity index (χ0n) is 10.8. The standard InChI is InChI=1S/C14H18N2OS/c1-9-7-11-13(18-9)8-12(16(11)2)14(17)15-10-5-3-4-6-10/h7-8,10H,3-6H2,1-2H3,(H,15,17). The summed E-state index contributed by atoms with van der Waals surface area (Å²) in [6.45, 7) is 2.10. The van der Waals surface area contributed by atoms with E-state index in [1.54, 1.807) is 11.3 Å². The monoisotopic (exact) mass is 262 g/mol. The molecule has 0 aliphatic heterocycles. The molecule has 0 saturated heterocycles. The molecule has 1 fully saturated rings. The highest BCUT2D eigenvalue weighted by molar-refractivity contribution is 7.19. The van der Waals surface area contributed by atoms with E-state index in [-0.39, 0.29) is 5.91 Å². The average Bonchev–Trinajstić information content (AvgIpc) is 2.98. The van der Waals surface area contributed by atoms with Gasteiger partial charge < -0.3 is 9.88 Å². The highest BCUT2D eigenvalue weighted by Gasteiger charge is 2.20. The Balaban J connectivity index is 1.86. The SMILES string of the molecule is Cc1cc2c(cc(C(=O)NC3CCCC3)n2C)s1. The highest BCUT2D eigenvalue weighted by Crippen LogP contribution is 2.28. The van der Waals surface area contributed by atoms with Crippen molar-refractivity contribution in [3.8, 4) is 0 Å². The number of carbonyl (C=O) groups is 1. The largest absolute Gasteiger partial charge is 0.348 e. The maximum absolute atomic E-state index is 12.2. The Bertz CT molecular complexity index is 590. The lowest BCUT2D eigenvalue weighted by molar-refractivity contribution is 0.0930. The summed E-state index contributed by atoms with van der Waals surface area (Å²) < 4.78 is 3.20. The van der Waals surface area contributed by atoms with Crippen LogP contribution in [-0.2, 0) is 7.05 Å². The van der Waals surface area contributed by atoms with Crippen molar-refractivity contribution < 1.29 is 4.79 Å². The maximum Gasteiger partial charge on any atom is 0.268 e. The molecule has 0 radical (unpaired) electrons. The fourth-order valence-corrected chi connectivity index (χ4v) is 3.77. The van der Waals surface area contributed by atoms with Gasteiger partial charge in [0.1, 0.15) is 5.69 Å². The Morgan fingerprint density at radius 1 is 1.39 bits per heavy atom. The highest BCUT2D eigenvalue weighted by atomic mass is 32.1. The third-order valence-electron chi connectivity index (χ3n) is 3.78. The van der Waals surface area contributed by atoms with Crippen molar-refractivity contribution in [1.29, 1.82) is 0 Å². The number of fused-ring (bicyclic) bond motifs is 1. The van der Waals surface area contributed by atoms with Crippen molar-refractivity contribution >= 4 is 27.5 Å². The summed E-state index contributed by atoms with van der Waals surface area (Å²) in [6.07, 6.45) is 4.74. The summed E-state index contributed by atoms with van der Waals surface area (Å²) >= 11 is 1.75. The zero-order valence-corrected chi connectivity index (χ0v) is 11.6. The van der Waals surface area contributed by atoms with Crippen molar-refractivity contribution in [3.05, 3.63) is 22.7 Å². The average molecular weight is 262 g/mol. The van der Waals surface area contributed by atoms with Gasteiger partial charge >= 0.3 is 0 Å². The van der Waals surface area contributed by atoms with Gasteiger partial charge in [-0.2, -0.15) is 0 Å². The molecular weight excluding hydrogens is 244 g/mol. The van der Waals surface area contributed by atoms with Gasteiger partial charge in [0.05, 0.1) is 10.2 Å². The van der Waals surface area contributed by atoms with Crippen molar-refractivity contribution in [2.45, 2.75) is 38.6 Å². The van der Waals surface area contributed by atoms with Gasteiger partial charge in [-0.05, 0) is 31.9 Å². The Hall–Kier alpha value is -1.29. The van der Waals surface area contributed by atoms with Crippen LogP contribution in [0.15, 0.2) is 12.1 Å². The summed E-state index contributed by atoms with van der Waals surface area (Å²) in [4.78, 5) is 13.5. The molecule has 0 bridgehead atoms. The molecule has 3 rings (SSSR count). The quantitative estimate of drug-likeness (QED) is 0.886. The number of carbonyl (C=O) groups excluding carboxylic acids is 1. The van der Waals surface area contributed by atoms with Crippen LogP contribution in [0.2, 0.25) is 0 Å². The first-order valence-electron chi connectivity index (χ1n) is 6.52. The minimum absolute atomic E-state index is 0.0745. The molecule has 2 aromatic rings. The second-order valence-corrected chi connectivity index (χ2v) is 6.44. The van der Waals surface area contributed by atoms with Gasteiger partial charge in [0.25, 0.3) is 5.91 Å². The van der Waals surface area contributed by atoms with Crippen LogP contribution in [0.4, 0.5) is 0 Å². The molecule has 0 aromatic carbocycles. The predicted octanol–water partition coefficient (Wildman–Crippen LogP) is 3.22. The van der Waals surface area contributed by atoms with Crippen molar-refractivity contribution in [2.24, 2.45) is 7.05 Å². The second kappa shape index (κ2) is 4.43. The number of hydrogen-bond donors (Lipinski definition) is 1. The van der Waals surface area contributed by atoms with Crippen LogP contribution >= 0.6 is 11.3 Å². The normalized spacial score (nSPS) is 16.6. The number of thiophene rings is 1. The van der Waals surface area contributed by atoms with Gasteiger partial charge in [0, 0.05) is 18.0 Å².